The van der Waals surface area contributed by atoms with Gasteiger partial charge in [-0.05, 0) is 70.2 Å². The molecule has 3 aromatic rings. The van der Waals surface area contributed by atoms with E-state index in [0.29, 0.717) is 11.8 Å². The van der Waals surface area contributed by atoms with Crippen molar-refractivity contribution in [2.24, 2.45) is 9.98 Å². The largest absolute Gasteiger partial charge is 0.475 e. The Balaban J connectivity index is 1.97. The molecule has 0 atom stereocenters. The highest BCUT2D eigenvalue weighted by Gasteiger charge is 2.10. The Morgan fingerprint density at radius 1 is 0.567 bits per heavy atom. The molecule has 0 saturated carbocycles. The van der Waals surface area contributed by atoms with Crippen molar-refractivity contribution in [2.75, 3.05) is 0 Å². The van der Waals surface area contributed by atoms with Crippen LogP contribution in [-0.2, 0) is 9.47 Å². The Bertz CT molecular complexity index is 915. The Morgan fingerprint density at radius 2 is 0.967 bits per heavy atom. The Morgan fingerprint density at radius 3 is 1.33 bits per heavy atom. The fourth-order valence-corrected chi connectivity index (χ4v) is 2.79. The molecule has 0 bridgehead atoms. The first-order valence-electron chi connectivity index (χ1n) is 10.2. The summed E-state index contributed by atoms with van der Waals surface area (Å²) in [5.74, 6) is 1.18. The number of ether oxygens (including phenoxy) is 2. The first kappa shape index (κ1) is 21.3. The predicted molar refractivity (Wildman–Crippen MR) is 124 cm³/mol. The van der Waals surface area contributed by atoms with Crippen LogP contribution in [-0.4, -0.2) is 24.0 Å². The Kier molecular flexibility index (Phi) is 7.39. The van der Waals surface area contributed by atoms with Crippen molar-refractivity contribution >= 4 is 23.2 Å². The van der Waals surface area contributed by atoms with Gasteiger partial charge in [0, 0.05) is 11.1 Å². The van der Waals surface area contributed by atoms with Gasteiger partial charge < -0.3 is 9.47 Å². The van der Waals surface area contributed by atoms with E-state index < -0.39 is 0 Å². The van der Waals surface area contributed by atoms with Crippen molar-refractivity contribution in [3.8, 4) is 0 Å². The monoisotopic (exact) mass is 400 g/mol. The van der Waals surface area contributed by atoms with Crippen molar-refractivity contribution < 1.29 is 9.47 Å². The first-order valence-corrected chi connectivity index (χ1v) is 10.2. The molecule has 0 radical (unpaired) electrons. The number of aliphatic imine (C=N–C) groups is 2. The van der Waals surface area contributed by atoms with Crippen molar-refractivity contribution in [3.05, 3.63) is 96.1 Å². The van der Waals surface area contributed by atoms with Gasteiger partial charge in [-0.3, -0.25) is 0 Å². The lowest BCUT2D eigenvalue weighted by molar-refractivity contribution is 0.229. The van der Waals surface area contributed by atoms with Crippen molar-refractivity contribution in [1.82, 2.24) is 0 Å². The van der Waals surface area contributed by atoms with Crippen LogP contribution in [0.5, 0.6) is 0 Å². The quantitative estimate of drug-likeness (QED) is 0.341. The number of hydrogen-bond acceptors (Lipinski definition) is 4. The first-order chi connectivity index (χ1) is 14.5. The van der Waals surface area contributed by atoms with E-state index in [0.717, 1.165) is 22.5 Å². The van der Waals surface area contributed by atoms with Crippen LogP contribution in [0, 0.1) is 0 Å². The summed E-state index contributed by atoms with van der Waals surface area (Å²) in [7, 11) is 0. The zero-order valence-electron chi connectivity index (χ0n) is 17.9. The average molecular weight is 401 g/mol. The maximum Gasteiger partial charge on any atom is 0.221 e. The molecule has 4 nitrogen and oxygen atoms in total. The van der Waals surface area contributed by atoms with E-state index >= 15 is 0 Å². The van der Waals surface area contributed by atoms with Gasteiger partial charge in [-0.2, -0.15) is 0 Å². The molecule has 0 aliphatic heterocycles. The van der Waals surface area contributed by atoms with Gasteiger partial charge in [-0.1, -0.05) is 42.5 Å². The maximum atomic E-state index is 5.97. The normalized spacial score (nSPS) is 12.3. The molecule has 0 unspecified atom stereocenters. The van der Waals surface area contributed by atoms with E-state index in [1.165, 1.54) is 0 Å². The summed E-state index contributed by atoms with van der Waals surface area (Å²) in [6.07, 6.45) is 0.0450. The lowest BCUT2D eigenvalue weighted by Crippen LogP contribution is -2.13. The van der Waals surface area contributed by atoms with Crippen molar-refractivity contribution in [3.63, 3.8) is 0 Å². The summed E-state index contributed by atoms with van der Waals surface area (Å²) in [6.45, 7) is 7.98. The van der Waals surface area contributed by atoms with E-state index in [4.69, 9.17) is 19.5 Å². The number of benzene rings is 3. The molecule has 4 heteroatoms. The highest BCUT2D eigenvalue weighted by atomic mass is 16.5. The standard InChI is InChI=1S/C26H28N2O2/c1-19(2)29-25(21-12-7-5-8-13-21)27-23-16-11-17-24(18-23)28-26(30-20(3)4)22-14-9-6-10-15-22/h5-20H,1-4H3. The predicted octanol–water partition coefficient (Wildman–Crippen LogP) is 6.69. The number of rotatable bonds is 6. The SMILES string of the molecule is CC(C)OC(=Nc1cccc(N=C(OC(C)C)c2ccccc2)c1)c1ccccc1. The van der Waals surface area contributed by atoms with Crippen LogP contribution in [0.1, 0.15) is 38.8 Å². The van der Waals surface area contributed by atoms with Gasteiger partial charge in [-0.15, -0.1) is 0 Å². The van der Waals surface area contributed by atoms with Crippen LogP contribution in [0.2, 0.25) is 0 Å². The van der Waals surface area contributed by atoms with E-state index in [9.17, 15) is 0 Å². The van der Waals surface area contributed by atoms with Crippen molar-refractivity contribution in [1.29, 1.82) is 0 Å². The summed E-state index contributed by atoms with van der Waals surface area (Å²) >= 11 is 0. The molecule has 0 fully saturated rings. The second kappa shape index (κ2) is 10.4. The van der Waals surface area contributed by atoms with E-state index in [1.54, 1.807) is 0 Å². The lowest BCUT2D eigenvalue weighted by atomic mass is 10.2. The van der Waals surface area contributed by atoms with E-state index in [2.05, 4.69) is 0 Å². The number of hydrogen-bond donors (Lipinski definition) is 0. The molecule has 30 heavy (non-hydrogen) atoms. The summed E-state index contributed by atoms with van der Waals surface area (Å²) in [4.78, 5) is 9.51. The second-order valence-electron chi connectivity index (χ2n) is 7.42. The minimum atomic E-state index is 0.0225. The van der Waals surface area contributed by atoms with Gasteiger partial charge in [0.1, 0.15) is 0 Å². The van der Waals surface area contributed by atoms with E-state index in [-0.39, 0.29) is 12.2 Å². The zero-order chi connectivity index (χ0) is 21.3. The van der Waals surface area contributed by atoms with Gasteiger partial charge in [0.15, 0.2) is 0 Å². The van der Waals surface area contributed by atoms with Gasteiger partial charge in [0.25, 0.3) is 0 Å². The molecule has 3 aromatic carbocycles. The molecule has 0 aromatic heterocycles. The second-order valence-corrected chi connectivity index (χ2v) is 7.42. The molecular weight excluding hydrogens is 372 g/mol. The van der Waals surface area contributed by atoms with Crippen molar-refractivity contribution in [2.45, 2.75) is 39.9 Å². The zero-order valence-corrected chi connectivity index (χ0v) is 17.9. The molecule has 0 spiro atoms. The highest BCUT2D eigenvalue weighted by molar-refractivity contribution is 5.97. The Hall–Kier alpha value is -3.40. The van der Waals surface area contributed by atoms with Gasteiger partial charge in [0.05, 0.1) is 23.6 Å². The van der Waals surface area contributed by atoms with Crippen LogP contribution in [0.3, 0.4) is 0 Å². The molecule has 0 aliphatic rings. The smallest absolute Gasteiger partial charge is 0.221 e. The third kappa shape index (κ3) is 6.31. The third-order valence-electron chi connectivity index (χ3n) is 4.03. The topological polar surface area (TPSA) is 43.2 Å². The molecule has 0 N–H and O–H groups in total. The molecule has 0 heterocycles. The van der Waals surface area contributed by atoms with Gasteiger partial charge in [0.2, 0.25) is 11.8 Å². The van der Waals surface area contributed by atoms with Crippen LogP contribution in [0.4, 0.5) is 11.4 Å². The maximum absolute atomic E-state index is 5.97. The van der Waals surface area contributed by atoms with Crippen LogP contribution in [0.15, 0.2) is 94.9 Å². The fraction of sp³-hybridized carbons (Fsp3) is 0.231. The highest BCUT2D eigenvalue weighted by Crippen LogP contribution is 2.23. The average Bonchev–Trinajstić information content (AvgIpc) is 2.74. The molecule has 0 saturated heterocycles. The summed E-state index contributed by atoms with van der Waals surface area (Å²) < 4.78 is 11.9. The minimum Gasteiger partial charge on any atom is -0.475 e. The van der Waals surface area contributed by atoms with Gasteiger partial charge >= 0.3 is 0 Å². The fourth-order valence-electron chi connectivity index (χ4n) is 2.79. The van der Waals surface area contributed by atoms with Crippen LogP contribution < -0.4 is 0 Å². The molecule has 154 valence electrons. The van der Waals surface area contributed by atoms with E-state index in [1.807, 2.05) is 113 Å². The molecular formula is C26H28N2O2. The lowest BCUT2D eigenvalue weighted by Gasteiger charge is -2.14. The minimum absolute atomic E-state index is 0.0225. The molecule has 0 aliphatic carbocycles. The summed E-state index contributed by atoms with van der Waals surface area (Å²) in [5, 5.41) is 0. The van der Waals surface area contributed by atoms with Crippen LogP contribution in [0.25, 0.3) is 0 Å². The van der Waals surface area contributed by atoms with Gasteiger partial charge in [-0.25, -0.2) is 9.98 Å². The number of nitrogens with zero attached hydrogens (tertiary/aromatic N) is 2. The molecule has 3 rings (SSSR count). The summed E-state index contributed by atoms with van der Waals surface area (Å²) in [5.41, 5.74) is 3.42. The van der Waals surface area contributed by atoms with Crippen LogP contribution >= 0.6 is 0 Å². The molecule has 0 amide bonds. The third-order valence-corrected chi connectivity index (χ3v) is 4.03. The summed E-state index contributed by atoms with van der Waals surface area (Å²) in [6, 6.07) is 27.6. The Labute approximate surface area is 178 Å².